The Bertz CT molecular complexity index is 468. The maximum Gasteiger partial charge on any atom is 0.391 e. The second-order valence-electron chi connectivity index (χ2n) is 4.99. The Hall–Kier alpha value is -1.80. The molecule has 1 aliphatic rings. The molecular weight excluding hydrogens is 273 g/mol. The van der Waals surface area contributed by atoms with Gasteiger partial charge in [-0.15, -0.1) is 0 Å². The summed E-state index contributed by atoms with van der Waals surface area (Å²) < 4.78 is 37.9. The summed E-state index contributed by atoms with van der Waals surface area (Å²) in [7, 11) is 3.52. The van der Waals surface area contributed by atoms with Crippen LogP contribution in [0.1, 0.15) is 12.8 Å². The van der Waals surface area contributed by atoms with Crippen molar-refractivity contribution in [2.75, 3.05) is 42.7 Å². The molecule has 1 saturated heterocycles. The van der Waals surface area contributed by atoms with Gasteiger partial charge in [0.05, 0.1) is 5.92 Å². The van der Waals surface area contributed by atoms with Gasteiger partial charge in [0.2, 0.25) is 17.8 Å². The molecule has 9 heteroatoms. The molecule has 2 rings (SSSR count). The molecule has 0 radical (unpaired) electrons. The van der Waals surface area contributed by atoms with Crippen LogP contribution in [-0.2, 0) is 0 Å². The van der Waals surface area contributed by atoms with Crippen molar-refractivity contribution in [3.8, 4) is 0 Å². The topological polar surface area (TPSA) is 71.2 Å². The first-order chi connectivity index (χ1) is 9.27. The smallest absolute Gasteiger partial charge is 0.368 e. The Morgan fingerprint density at radius 2 is 1.75 bits per heavy atom. The normalized spacial score (nSPS) is 17.4. The van der Waals surface area contributed by atoms with Crippen LogP contribution in [0.2, 0.25) is 0 Å². The fourth-order valence-electron chi connectivity index (χ4n) is 2.12. The van der Waals surface area contributed by atoms with E-state index in [1.54, 1.807) is 23.9 Å². The zero-order valence-electron chi connectivity index (χ0n) is 11.4. The molecule has 1 aromatic heterocycles. The number of halogens is 3. The average molecular weight is 290 g/mol. The van der Waals surface area contributed by atoms with Crippen molar-refractivity contribution in [3.05, 3.63) is 0 Å². The van der Waals surface area contributed by atoms with Crippen molar-refractivity contribution < 1.29 is 13.2 Å². The minimum atomic E-state index is -4.13. The van der Waals surface area contributed by atoms with Gasteiger partial charge in [0.1, 0.15) is 0 Å². The van der Waals surface area contributed by atoms with Gasteiger partial charge >= 0.3 is 6.18 Å². The highest BCUT2D eigenvalue weighted by Gasteiger charge is 2.41. The molecule has 2 heterocycles. The molecule has 1 aliphatic heterocycles. The SMILES string of the molecule is CN(C)c1nc(N)nc(N2CCC(C(F)(F)F)CC2)n1. The Balaban J connectivity index is 2.11. The molecule has 0 amide bonds. The molecule has 20 heavy (non-hydrogen) atoms. The highest BCUT2D eigenvalue weighted by Crippen LogP contribution is 2.34. The van der Waals surface area contributed by atoms with E-state index in [0.717, 1.165) is 0 Å². The van der Waals surface area contributed by atoms with E-state index in [4.69, 9.17) is 5.73 Å². The van der Waals surface area contributed by atoms with E-state index in [1.165, 1.54) is 0 Å². The fraction of sp³-hybridized carbons (Fsp3) is 0.727. The van der Waals surface area contributed by atoms with E-state index < -0.39 is 12.1 Å². The molecule has 0 atom stereocenters. The second-order valence-corrected chi connectivity index (χ2v) is 4.99. The number of hydrogen-bond acceptors (Lipinski definition) is 6. The van der Waals surface area contributed by atoms with Crippen molar-refractivity contribution in [2.45, 2.75) is 19.0 Å². The number of hydrogen-bond donors (Lipinski definition) is 1. The van der Waals surface area contributed by atoms with Gasteiger partial charge in [0, 0.05) is 27.2 Å². The number of rotatable bonds is 2. The Labute approximate surface area is 114 Å². The largest absolute Gasteiger partial charge is 0.391 e. The highest BCUT2D eigenvalue weighted by atomic mass is 19.4. The molecule has 0 aliphatic carbocycles. The van der Waals surface area contributed by atoms with Gasteiger partial charge in [0.15, 0.2) is 0 Å². The summed E-state index contributed by atoms with van der Waals surface area (Å²) >= 11 is 0. The minimum Gasteiger partial charge on any atom is -0.368 e. The molecule has 0 aromatic carbocycles. The third-order valence-electron chi connectivity index (χ3n) is 3.27. The first kappa shape index (κ1) is 14.6. The summed E-state index contributed by atoms with van der Waals surface area (Å²) in [5.74, 6) is -0.449. The molecule has 1 fully saturated rings. The maximum absolute atomic E-state index is 12.6. The number of nitrogen functional groups attached to an aromatic ring is 1. The number of nitrogens with two attached hydrogens (primary N) is 1. The van der Waals surface area contributed by atoms with Gasteiger partial charge in [-0.2, -0.15) is 28.1 Å². The Morgan fingerprint density at radius 1 is 1.15 bits per heavy atom. The van der Waals surface area contributed by atoms with E-state index in [1.807, 2.05) is 0 Å². The zero-order valence-corrected chi connectivity index (χ0v) is 11.4. The third kappa shape index (κ3) is 3.20. The molecule has 0 unspecified atom stereocenters. The van der Waals surface area contributed by atoms with Gasteiger partial charge in [-0.25, -0.2) is 0 Å². The van der Waals surface area contributed by atoms with Crippen LogP contribution in [0.3, 0.4) is 0 Å². The van der Waals surface area contributed by atoms with Gasteiger partial charge < -0.3 is 15.5 Å². The van der Waals surface area contributed by atoms with E-state index in [9.17, 15) is 13.2 Å². The summed E-state index contributed by atoms with van der Waals surface area (Å²) in [4.78, 5) is 15.6. The summed E-state index contributed by atoms with van der Waals surface area (Å²) in [5.41, 5.74) is 5.60. The van der Waals surface area contributed by atoms with Gasteiger partial charge in [-0.05, 0) is 12.8 Å². The summed E-state index contributed by atoms with van der Waals surface area (Å²) in [6.07, 6.45) is -4.03. The molecular formula is C11H17F3N6. The van der Waals surface area contributed by atoms with Crippen molar-refractivity contribution in [1.29, 1.82) is 0 Å². The van der Waals surface area contributed by atoms with Crippen LogP contribution in [0, 0.1) is 5.92 Å². The van der Waals surface area contributed by atoms with Crippen LogP contribution in [-0.4, -0.2) is 48.3 Å². The number of anilines is 3. The fourth-order valence-corrected chi connectivity index (χ4v) is 2.12. The van der Waals surface area contributed by atoms with Crippen molar-refractivity contribution in [1.82, 2.24) is 15.0 Å². The zero-order chi connectivity index (χ0) is 14.9. The van der Waals surface area contributed by atoms with Crippen molar-refractivity contribution in [3.63, 3.8) is 0 Å². The second kappa shape index (κ2) is 5.29. The van der Waals surface area contributed by atoms with E-state index >= 15 is 0 Å². The van der Waals surface area contributed by atoms with Gasteiger partial charge in [0.25, 0.3) is 0 Å². The first-order valence-electron chi connectivity index (χ1n) is 6.28. The number of aromatic nitrogens is 3. The van der Waals surface area contributed by atoms with Gasteiger partial charge in [-0.1, -0.05) is 0 Å². The standard InChI is InChI=1S/C11H17F3N6/c1-19(2)9-16-8(15)17-10(18-9)20-5-3-7(4-6-20)11(12,13)14/h7H,3-6H2,1-2H3,(H2,15,16,17,18). The maximum atomic E-state index is 12.6. The van der Waals surface area contributed by atoms with Gasteiger partial charge in [-0.3, -0.25) is 0 Å². The van der Waals surface area contributed by atoms with Crippen LogP contribution in [0.4, 0.5) is 31.0 Å². The van der Waals surface area contributed by atoms with Crippen LogP contribution < -0.4 is 15.5 Å². The van der Waals surface area contributed by atoms with Crippen LogP contribution in [0.25, 0.3) is 0 Å². The predicted molar refractivity (Wildman–Crippen MR) is 69.6 cm³/mol. The molecule has 0 bridgehead atoms. The lowest BCUT2D eigenvalue weighted by Gasteiger charge is -2.33. The molecule has 1 aromatic rings. The Morgan fingerprint density at radius 3 is 2.25 bits per heavy atom. The predicted octanol–water partition coefficient (Wildman–Crippen LogP) is 1.30. The van der Waals surface area contributed by atoms with E-state index in [-0.39, 0.29) is 31.9 Å². The van der Waals surface area contributed by atoms with E-state index in [0.29, 0.717) is 11.9 Å². The summed E-state index contributed by atoms with van der Waals surface area (Å²) in [6, 6.07) is 0. The third-order valence-corrected chi connectivity index (χ3v) is 3.27. The summed E-state index contributed by atoms with van der Waals surface area (Å²) in [6.45, 7) is 0.529. The number of nitrogens with zero attached hydrogens (tertiary/aromatic N) is 5. The number of alkyl halides is 3. The first-order valence-corrected chi connectivity index (χ1v) is 6.28. The Kier molecular flexibility index (Phi) is 3.87. The molecule has 0 spiro atoms. The van der Waals surface area contributed by atoms with Crippen molar-refractivity contribution in [2.24, 2.45) is 5.92 Å². The summed E-state index contributed by atoms with van der Waals surface area (Å²) in [5, 5.41) is 0. The molecule has 0 saturated carbocycles. The lowest BCUT2D eigenvalue weighted by atomic mass is 9.96. The average Bonchev–Trinajstić information content (AvgIpc) is 2.37. The number of piperidine rings is 1. The molecule has 2 N–H and O–H groups in total. The van der Waals surface area contributed by atoms with E-state index in [2.05, 4.69) is 15.0 Å². The van der Waals surface area contributed by atoms with Crippen molar-refractivity contribution >= 4 is 17.8 Å². The molecule has 112 valence electrons. The lowest BCUT2D eigenvalue weighted by Crippen LogP contribution is -2.40. The van der Waals surface area contributed by atoms with Crippen LogP contribution >= 0.6 is 0 Å². The monoisotopic (exact) mass is 290 g/mol. The minimum absolute atomic E-state index is 0.0480. The highest BCUT2D eigenvalue weighted by molar-refractivity contribution is 5.42. The van der Waals surface area contributed by atoms with Crippen LogP contribution in [0.15, 0.2) is 0 Å². The molecule has 6 nitrogen and oxygen atoms in total. The quantitative estimate of drug-likeness (QED) is 0.885. The van der Waals surface area contributed by atoms with Crippen LogP contribution in [0.5, 0.6) is 0 Å². The lowest BCUT2D eigenvalue weighted by molar-refractivity contribution is -0.179.